The number of hydrogen-bond donors (Lipinski definition) is 1. The lowest BCUT2D eigenvalue weighted by Gasteiger charge is -2.37. The zero-order valence-corrected chi connectivity index (χ0v) is 16.3. The normalized spacial score (nSPS) is 16.9. The van der Waals surface area contributed by atoms with E-state index in [1.807, 2.05) is 30.3 Å². The Hall–Kier alpha value is -2.51. The number of rotatable bonds is 7. The van der Waals surface area contributed by atoms with Gasteiger partial charge in [0.25, 0.3) is 5.69 Å². The van der Waals surface area contributed by atoms with Gasteiger partial charge in [0.15, 0.2) is 5.82 Å². The van der Waals surface area contributed by atoms with Crippen LogP contribution in [0.25, 0.3) is 0 Å². The van der Waals surface area contributed by atoms with Gasteiger partial charge < -0.3 is 15.1 Å². The molecule has 1 fully saturated rings. The van der Waals surface area contributed by atoms with Crippen molar-refractivity contribution < 1.29 is 9.31 Å². The van der Waals surface area contributed by atoms with E-state index in [1.165, 1.54) is 12.1 Å². The van der Waals surface area contributed by atoms with Crippen molar-refractivity contribution in [1.29, 1.82) is 0 Å². The Morgan fingerprint density at radius 1 is 1.25 bits per heavy atom. The lowest BCUT2D eigenvalue weighted by molar-refractivity contribution is -0.385. The van der Waals surface area contributed by atoms with Gasteiger partial charge in [-0.25, -0.2) is 4.39 Å². The summed E-state index contributed by atoms with van der Waals surface area (Å²) in [4.78, 5) is 14.9. The number of likely N-dealkylation sites (N-methyl/N-ethyl adjacent to an activating group) is 1. The first-order valence-electron chi connectivity index (χ1n) is 9.58. The molecule has 1 heterocycles. The highest BCUT2D eigenvalue weighted by Gasteiger charge is 2.24. The highest BCUT2D eigenvalue weighted by Crippen LogP contribution is 2.27. The Morgan fingerprint density at radius 3 is 2.54 bits per heavy atom. The third-order valence-electron chi connectivity index (χ3n) is 5.48. The van der Waals surface area contributed by atoms with Gasteiger partial charge in [-0.2, -0.15) is 0 Å². The summed E-state index contributed by atoms with van der Waals surface area (Å²) < 4.78 is 14.4. The third-order valence-corrected chi connectivity index (χ3v) is 5.48. The van der Waals surface area contributed by atoms with Crippen LogP contribution in [-0.2, 0) is 0 Å². The molecular weight excluding hydrogens is 359 g/mol. The van der Waals surface area contributed by atoms with Gasteiger partial charge in [-0.05, 0) is 51.7 Å². The third kappa shape index (κ3) is 5.05. The summed E-state index contributed by atoms with van der Waals surface area (Å²) in [5.41, 5.74) is 1.08. The molecule has 2 aromatic rings. The average molecular weight is 386 g/mol. The van der Waals surface area contributed by atoms with Gasteiger partial charge in [-0.15, -0.1) is 0 Å². The molecule has 0 saturated carbocycles. The lowest BCUT2D eigenvalue weighted by atomic mass is 10.0. The van der Waals surface area contributed by atoms with Crippen molar-refractivity contribution in [2.45, 2.75) is 24.9 Å². The quantitative estimate of drug-likeness (QED) is 0.577. The first-order chi connectivity index (χ1) is 13.4. The standard InChI is InChI=1S/C21H27FN4O2/c1-24-12-10-17(11-13-24)25(2)15-21(16-6-4-3-5-7-16)23-20-9-8-18(26(27)28)14-19(20)22/h3-9,14,17,21,23H,10-13,15H2,1-2H3/t21-/m0/s1. The number of likely N-dealkylation sites (tertiary alicyclic amines) is 1. The maximum absolute atomic E-state index is 14.4. The first-order valence-corrected chi connectivity index (χ1v) is 9.58. The first kappa shape index (κ1) is 20.2. The molecule has 0 amide bonds. The van der Waals surface area contributed by atoms with Crippen LogP contribution in [0.15, 0.2) is 48.5 Å². The Bertz CT molecular complexity index is 794. The van der Waals surface area contributed by atoms with Crippen molar-refractivity contribution in [1.82, 2.24) is 9.80 Å². The maximum atomic E-state index is 14.4. The molecule has 2 aromatic carbocycles. The molecule has 1 aliphatic rings. The summed E-state index contributed by atoms with van der Waals surface area (Å²) in [7, 11) is 4.25. The zero-order valence-electron chi connectivity index (χ0n) is 16.3. The summed E-state index contributed by atoms with van der Waals surface area (Å²) in [6, 6.07) is 14.0. The van der Waals surface area contributed by atoms with Crippen LogP contribution in [0.3, 0.4) is 0 Å². The number of hydrogen-bond acceptors (Lipinski definition) is 5. The number of halogens is 1. The molecule has 1 aliphatic heterocycles. The minimum Gasteiger partial charge on any atom is -0.375 e. The van der Waals surface area contributed by atoms with Crippen molar-refractivity contribution in [2.75, 3.05) is 39.0 Å². The average Bonchev–Trinajstić information content (AvgIpc) is 2.69. The van der Waals surface area contributed by atoms with E-state index in [2.05, 4.69) is 29.2 Å². The summed E-state index contributed by atoms with van der Waals surface area (Å²) in [6.07, 6.45) is 2.22. The molecule has 28 heavy (non-hydrogen) atoms. The summed E-state index contributed by atoms with van der Waals surface area (Å²) in [6.45, 7) is 2.87. The predicted molar refractivity (Wildman–Crippen MR) is 109 cm³/mol. The highest BCUT2D eigenvalue weighted by molar-refractivity contribution is 5.51. The molecule has 1 atom stereocenters. The van der Waals surface area contributed by atoms with Crippen LogP contribution < -0.4 is 5.32 Å². The van der Waals surface area contributed by atoms with E-state index in [9.17, 15) is 14.5 Å². The van der Waals surface area contributed by atoms with E-state index >= 15 is 0 Å². The van der Waals surface area contributed by atoms with Gasteiger partial charge in [0.2, 0.25) is 0 Å². The monoisotopic (exact) mass is 386 g/mol. The zero-order chi connectivity index (χ0) is 20.1. The Balaban J connectivity index is 1.77. The van der Waals surface area contributed by atoms with Crippen molar-refractivity contribution >= 4 is 11.4 Å². The Labute approximate surface area is 165 Å². The van der Waals surface area contributed by atoms with Crippen molar-refractivity contribution in [3.8, 4) is 0 Å². The predicted octanol–water partition coefficient (Wildman–Crippen LogP) is 3.91. The molecule has 0 bridgehead atoms. The van der Waals surface area contributed by atoms with Gasteiger partial charge in [0, 0.05) is 18.7 Å². The van der Waals surface area contributed by atoms with Crippen LogP contribution in [0.1, 0.15) is 24.4 Å². The lowest BCUT2D eigenvalue weighted by Crippen LogP contribution is -2.44. The van der Waals surface area contributed by atoms with Crippen LogP contribution in [0.5, 0.6) is 0 Å². The number of nitrogens with one attached hydrogen (secondary N) is 1. The van der Waals surface area contributed by atoms with E-state index in [0.29, 0.717) is 6.04 Å². The largest absolute Gasteiger partial charge is 0.375 e. The molecule has 7 heteroatoms. The SMILES string of the molecule is CN1CCC(N(C)C[C@H](Nc2ccc([N+](=O)[O-])cc2F)c2ccccc2)CC1. The second-order valence-electron chi connectivity index (χ2n) is 7.50. The van der Waals surface area contributed by atoms with Crippen LogP contribution in [0.4, 0.5) is 15.8 Å². The van der Waals surface area contributed by atoms with Crippen LogP contribution in [0.2, 0.25) is 0 Å². The fraction of sp³-hybridized carbons (Fsp3) is 0.429. The number of non-ortho nitro benzene ring substituents is 1. The molecule has 0 unspecified atom stereocenters. The molecular formula is C21H27FN4O2. The smallest absolute Gasteiger partial charge is 0.272 e. The van der Waals surface area contributed by atoms with E-state index in [0.717, 1.165) is 44.1 Å². The molecule has 150 valence electrons. The van der Waals surface area contributed by atoms with Gasteiger partial charge in [0.1, 0.15) is 0 Å². The van der Waals surface area contributed by atoms with Crippen molar-refractivity contribution in [3.05, 3.63) is 70.0 Å². The van der Waals surface area contributed by atoms with E-state index in [4.69, 9.17) is 0 Å². The molecule has 3 rings (SSSR count). The summed E-state index contributed by atoms with van der Waals surface area (Å²) in [5, 5.41) is 14.1. The molecule has 0 aromatic heterocycles. The molecule has 6 nitrogen and oxygen atoms in total. The molecule has 0 radical (unpaired) electrons. The minimum absolute atomic E-state index is 0.123. The number of nitro groups is 1. The second kappa shape index (κ2) is 9.12. The molecule has 1 N–H and O–H groups in total. The van der Waals surface area contributed by atoms with Gasteiger partial charge >= 0.3 is 0 Å². The fourth-order valence-electron chi connectivity index (χ4n) is 3.71. The van der Waals surface area contributed by atoms with Gasteiger partial charge in [-0.3, -0.25) is 10.1 Å². The van der Waals surface area contributed by atoms with Crippen molar-refractivity contribution in [2.24, 2.45) is 0 Å². The van der Waals surface area contributed by atoms with Crippen LogP contribution >= 0.6 is 0 Å². The van der Waals surface area contributed by atoms with Crippen molar-refractivity contribution in [3.63, 3.8) is 0 Å². The number of piperidine rings is 1. The number of anilines is 1. The van der Waals surface area contributed by atoms with Crippen LogP contribution in [0, 0.1) is 15.9 Å². The molecule has 0 spiro atoms. The Kier molecular flexibility index (Phi) is 6.59. The summed E-state index contributed by atoms with van der Waals surface area (Å²) >= 11 is 0. The van der Waals surface area contributed by atoms with Crippen LogP contribution in [-0.4, -0.2) is 54.5 Å². The number of nitrogens with zero attached hydrogens (tertiary/aromatic N) is 3. The number of nitro benzene ring substituents is 1. The van der Waals surface area contributed by atoms with Gasteiger partial charge in [-0.1, -0.05) is 30.3 Å². The maximum Gasteiger partial charge on any atom is 0.272 e. The highest BCUT2D eigenvalue weighted by atomic mass is 19.1. The minimum atomic E-state index is -0.614. The number of benzene rings is 2. The van der Waals surface area contributed by atoms with E-state index < -0.39 is 10.7 Å². The molecule has 1 saturated heterocycles. The van der Waals surface area contributed by atoms with E-state index in [1.54, 1.807) is 0 Å². The van der Waals surface area contributed by atoms with Gasteiger partial charge in [0.05, 0.1) is 22.7 Å². The van der Waals surface area contributed by atoms with E-state index in [-0.39, 0.29) is 17.4 Å². The molecule has 0 aliphatic carbocycles. The fourth-order valence-corrected chi connectivity index (χ4v) is 3.71. The Morgan fingerprint density at radius 2 is 1.93 bits per heavy atom. The second-order valence-corrected chi connectivity index (χ2v) is 7.50. The topological polar surface area (TPSA) is 61.6 Å². The summed E-state index contributed by atoms with van der Waals surface area (Å²) in [5.74, 6) is -0.614.